The Morgan fingerprint density at radius 3 is 1.88 bits per heavy atom. The highest BCUT2D eigenvalue weighted by molar-refractivity contribution is 5.85. The van der Waals surface area contributed by atoms with Gasteiger partial charge in [-0.05, 0) is 41.8 Å². The molecule has 3 heteroatoms. The maximum atomic E-state index is 12.7. The predicted molar refractivity (Wildman–Crippen MR) is 138 cm³/mol. The fourth-order valence-electron chi connectivity index (χ4n) is 5.81. The fourth-order valence-corrected chi connectivity index (χ4v) is 5.81. The van der Waals surface area contributed by atoms with Crippen molar-refractivity contribution in [3.8, 4) is 0 Å². The minimum absolute atomic E-state index is 0.00120. The normalized spacial score (nSPS) is 18.6. The van der Waals surface area contributed by atoms with Crippen LogP contribution in [-0.4, -0.2) is 28.1 Å². The summed E-state index contributed by atoms with van der Waals surface area (Å²) in [5.74, 6) is 0. The highest BCUT2D eigenvalue weighted by atomic mass is 16.3. The number of aliphatic hydroxyl groups is 1. The maximum Gasteiger partial charge on any atom is 0.130 e. The van der Waals surface area contributed by atoms with Crippen LogP contribution in [0.25, 0.3) is 10.9 Å². The Morgan fingerprint density at radius 1 is 0.735 bits per heavy atom. The van der Waals surface area contributed by atoms with E-state index in [0.29, 0.717) is 0 Å². The summed E-state index contributed by atoms with van der Waals surface area (Å²) < 4.78 is 0. The van der Waals surface area contributed by atoms with Crippen LogP contribution in [0.1, 0.15) is 34.0 Å². The highest BCUT2D eigenvalue weighted by Crippen LogP contribution is 2.46. The number of likely N-dealkylation sites (N-methyl/N-ethyl adjacent to an activating group) is 1. The van der Waals surface area contributed by atoms with Crippen LogP contribution >= 0.6 is 0 Å². The van der Waals surface area contributed by atoms with Crippen molar-refractivity contribution >= 4 is 10.9 Å². The van der Waals surface area contributed by atoms with Gasteiger partial charge in [-0.2, -0.15) is 0 Å². The summed E-state index contributed by atoms with van der Waals surface area (Å²) in [6.45, 7) is 0. The summed E-state index contributed by atoms with van der Waals surface area (Å²) >= 11 is 0. The summed E-state index contributed by atoms with van der Waals surface area (Å²) in [6, 6.07) is 39.2. The van der Waals surface area contributed by atoms with Crippen LogP contribution in [0.5, 0.6) is 0 Å². The van der Waals surface area contributed by atoms with Crippen molar-refractivity contribution in [1.29, 1.82) is 0 Å². The van der Waals surface area contributed by atoms with Crippen LogP contribution in [0.4, 0.5) is 0 Å². The number of aromatic amines is 1. The van der Waals surface area contributed by atoms with Crippen molar-refractivity contribution in [3.05, 3.63) is 143 Å². The average molecular weight is 445 g/mol. The average Bonchev–Trinajstić information content (AvgIpc) is 3.27. The molecule has 0 spiro atoms. The molecule has 2 heterocycles. The smallest absolute Gasteiger partial charge is 0.130 e. The van der Waals surface area contributed by atoms with E-state index in [9.17, 15) is 5.11 Å². The van der Waals surface area contributed by atoms with Gasteiger partial charge in [0.05, 0.1) is 12.1 Å². The van der Waals surface area contributed by atoms with Gasteiger partial charge in [0.25, 0.3) is 0 Å². The first-order chi connectivity index (χ1) is 16.7. The Balaban J connectivity index is 1.60. The summed E-state index contributed by atoms with van der Waals surface area (Å²) in [4.78, 5) is 6.08. The van der Waals surface area contributed by atoms with Gasteiger partial charge >= 0.3 is 0 Å². The van der Waals surface area contributed by atoms with Gasteiger partial charge in [0.1, 0.15) is 5.60 Å². The number of nitrogens with zero attached hydrogens (tertiary/aromatic N) is 1. The Bertz CT molecular complexity index is 1370. The lowest BCUT2D eigenvalue weighted by Crippen LogP contribution is -2.54. The van der Waals surface area contributed by atoms with E-state index in [4.69, 9.17) is 0 Å². The zero-order valence-electron chi connectivity index (χ0n) is 19.2. The molecule has 1 aliphatic heterocycles. The van der Waals surface area contributed by atoms with E-state index < -0.39 is 5.60 Å². The number of nitrogens with one attached hydrogen (secondary N) is 1. The molecular weight excluding hydrogens is 416 g/mol. The number of H-pyrrole nitrogens is 1. The lowest BCUT2D eigenvalue weighted by Gasteiger charge is -2.48. The monoisotopic (exact) mass is 444 g/mol. The van der Waals surface area contributed by atoms with Gasteiger partial charge in [0.2, 0.25) is 0 Å². The molecule has 6 rings (SSSR count). The molecule has 34 heavy (non-hydrogen) atoms. The highest BCUT2D eigenvalue weighted by Gasteiger charge is 2.48. The van der Waals surface area contributed by atoms with E-state index >= 15 is 0 Å². The molecule has 2 N–H and O–H groups in total. The molecule has 0 amide bonds. The van der Waals surface area contributed by atoms with Gasteiger partial charge in [0, 0.05) is 16.6 Å². The first kappa shape index (κ1) is 20.9. The predicted octanol–water partition coefficient (Wildman–Crippen LogP) is 6.05. The molecule has 2 atom stereocenters. The van der Waals surface area contributed by atoms with Gasteiger partial charge < -0.3 is 10.1 Å². The summed E-state index contributed by atoms with van der Waals surface area (Å²) in [5.41, 5.74) is 5.51. The van der Waals surface area contributed by atoms with E-state index in [1.54, 1.807) is 0 Å². The van der Waals surface area contributed by atoms with Crippen molar-refractivity contribution in [2.75, 3.05) is 7.05 Å². The molecule has 0 radical (unpaired) electrons. The third kappa shape index (κ3) is 3.20. The van der Waals surface area contributed by atoms with Crippen LogP contribution in [-0.2, 0) is 12.0 Å². The van der Waals surface area contributed by atoms with E-state index in [0.717, 1.165) is 23.1 Å². The minimum Gasteiger partial charge on any atom is -0.379 e. The first-order valence-corrected chi connectivity index (χ1v) is 11.9. The molecule has 0 aliphatic carbocycles. The molecule has 4 aromatic carbocycles. The van der Waals surface area contributed by atoms with Crippen molar-refractivity contribution < 1.29 is 5.11 Å². The third-order valence-electron chi connectivity index (χ3n) is 7.44. The molecule has 0 saturated heterocycles. The Kier molecular flexibility index (Phi) is 5.09. The summed E-state index contributed by atoms with van der Waals surface area (Å²) in [5, 5.41) is 13.9. The second-order valence-electron chi connectivity index (χ2n) is 9.26. The number of fused-ring (bicyclic) bond motifs is 3. The topological polar surface area (TPSA) is 39.3 Å². The summed E-state index contributed by atoms with van der Waals surface area (Å²) in [7, 11) is 2.15. The number of hydrogen-bond acceptors (Lipinski definition) is 2. The van der Waals surface area contributed by atoms with Crippen LogP contribution < -0.4 is 0 Å². The second kappa shape index (κ2) is 8.28. The van der Waals surface area contributed by atoms with E-state index in [-0.39, 0.29) is 12.1 Å². The molecule has 5 aromatic rings. The molecule has 168 valence electrons. The Hall–Kier alpha value is -3.66. The molecule has 1 aromatic heterocycles. The van der Waals surface area contributed by atoms with Crippen molar-refractivity contribution in [1.82, 2.24) is 9.88 Å². The van der Waals surface area contributed by atoms with E-state index in [2.05, 4.69) is 71.5 Å². The zero-order chi connectivity index (χ0) is 23.1. The SMILES string of the molecule is CN1[C@H](c2ccccc2)c2[nH]c3ccccc3c2C[C@H]1C(O)(c1ccccc1)c1ccccc1. The van der Waals surface area contributed by atoms with Crippen LogP contribution in [0, 0.1) is 0 Å². The van der Waals surface area contributed by atoms with Crippen molar-refractivity contribution in [2.45, 2.75) is 24.1 Å². The van der Waals surface area contributed by atoms with Gasteiger partial charge in [-0.15, -0.1) is 0 Å². The zero-order valence-corrected chi connectivity index (χ0v) is 19.2. The van der Waals surface area contributed by atoms with Gasteiger partial charge in [-0.3, -0.25) is 4.90 Å². The van der Waals surface area contributed by atoms with Gasteiger partial charge in [-0.25, -0.2) is 0 Å². The lowest BCUT2D eigenvalue weighted by atomic mass is 9.74. The Morgan fingerprint density at radius 2 is 1.26 bits per heavy atom. The largest absolute Gasteiger partial charge is 0.379 e. The maximum absolute atomic E-state index is 12.7. The number of hydrogen-bond donors (Lipinski definition) is 2. The first-order valence-electron chi connectivity index (χ1n) is 11.9. The van der Waals surface area contributed by atoms with Crippen molar-refractivity contribution in [3.63, 3.8) is 0 Å². The van der Waals surface area contributed by atoms with Crippen molar-refractivity contribution in [2.24, 2.45) is 0 Å². The van der Waals surface area contributed by atoms with Gasteiger partial charge in [0.15, 0.2) is 0 Å². The van der Waals surface area contributed by atoms with E-state index in [1.807, 2.05) is 60.7 Å². The number of aromatic nitrogens is 1. The molecular formula is C31H28N2O. The molecule has 0 fully saturated rings. The molecule has 0 saturated carbocycles. The lowest BCUT2D eigenvalue weighted by molar-refractivity contribution is -0.0278. The second-order valence-corrected chi connectivity index (χ2v) is 9.26. The van der Waals surface area contributed by atoms with Gasteiger partial charge in [-0.1, -0.05) is 109 Å². The standard InChI is InChI=1S/C31H28N2O/c1-33-28(31(34,23-15-7-3-8-16-23)24-17-9-4-10-18-24)21-26-25-19-11-12-20-27(25)32-29(26)30(33)22-13-5-2-6-14-22/h2-20,28,30,32,34H,21H2,1H3/t28-,30+/m0/s1. The Labute approximate surface area is 200 Å². The molecule has 0 unspecified atom stereocenters. The molecule has 1 aliphatic rings. The van der Waals surface area contributed by atoms with Crippen LogP contribution in [0.3, 0.4) is 0 Å². The number of benzene rings is 4. The van der Waals surface area contributed by atoms with E-state index in [1.165, 1.54) is 22.2 Å². The molecule has 0 bridgehead atoms. The number of para-hydroxylation sites is 1. The third-order valence-corrected chi connectivity index (χ3v) is 7.44. The number of rotatable bonds is 4. The fraction of sp³-hybridized carbons (Fsp3) is 0.161. The molecule has 3 nitrogen and oxygen atoms in total. The quantitative estimate of drug-likeness (QED) is 0.354. The van der Waals surface area contributed by atoms with Crippen LogP contribution in [0.2, 0.25) is 0 Å². The minimum atomic E-state index is -1.18. The summed E-state index contributed by atoms with van der Waals surface area (Å²) in [6.07, 6.45) is 0.736. The van der Waals surface area contributed by atoms with Crippen LogP contribution in [0.15, 0.2) is 115 Å².